The largest absolute Gasteiger partial charge is 0.471 e. The van der Waals surface area contributed by atoms with E-state index in [4.69, 9.17) is 14.2 Å². The highest BCUT2D eigenvalue weighted by atomic mass is 16.8. The summed E-state index contributed by atoms with van der Waals surface area (Å²) in [5.41, 5.74) is -3.15. The molecule has 1 saturated carbocycles. The van der Waals surface area contributed by atoms with Crippen LogP contribution >= 0.6 is 0 Å². The van der Waals surface area contributed by atoms with Crippen LogP contribution in [0.3, 0.4) is 0 Å². The predicted octanol–water partition coefficient (Wildman–Crippen LogP) is -2.87. The van der Waals surface area contributed by atoms with Crippen LogP contribution in [0.25, 0.3) is 0 Å². The normalized spacial score (nSPS) is 51.3. The van der Waals surface area contributed by atoms with Crippen LogP contribution in [0, 0.1) is 5.92 Å². The molecule has 1 unspecified atom stereocenters. The van der Waals surface area contributed by atoms with Crippen molar-refractivity contribution in [3.63, 3.8) is 0 Å². The van der Waals surface area contributed by atoms with Crippen LogP contribution < -0.4 is 0 Å². The molecule has 148 valence electrons. The number of ether oxygens (including phenoxy) is 3. The lowest BCUT2D eigenvalue weighted by Crippen LogP contribution is -2.62. The van der Waals surface area contributed by atoms with E-state index < -0.39 is 60.7 Å². The van der Waals surface area contributed by atoms with Crippen molar-refractivity contribution < 1.29 is 49.6 Å². The molecule has 0 amide bonds. The topological polar surface area (TPSA) is 166 Å². The van der Waals surface area contributed by atoms with Crippen LogP contribution in [-0.4, -0.2) is 91.7 Å². The molecule has 0 bridgehead atoms. The summed E-state index contributed by atoms with van der Waals surface area (Å²) in [5.74, 6) is -1.06. The van der Waals surface area contributed by atoms with Crippen molar-refractivity contribution in [3.05, 3.63) is 11.8 Å². The number of fused-ring (bicyclic) bond motifs is 1. The van der Waals surface area contributed by atoms with Crippen LogP contribution in [0.1, 0.15) is 19.8 Å². The van der Waals surface area contributed by atoms with Gasteiger partial charge in [-0.3, -0.25) is 4.79 Å². The van der Waals surface area contributed by atoms with E-state index in [1.807, 2.05) is 0 Å². The summed E-state index contributed by atoms with van der Waals surface area (Å²) in [4.78, 5) is 11.2. The molecule has 2 aliphatic heterocycles. The van der Waals surface area contributed by atoms with Crippen LogP contribution in [0.15, 0.2) is 11.8 Å². The van der Waals surface area contributed by atoms with E-state index in [0.29, 0.717) is 6.29 Å². The molecule has 2 fully saturated rings. The quantitative estimate of drug-likeness (QED) is 0.281. The highest BCUT2D eigenvalue weighted by Crippen LogP contribution is 2.51. The zero-order valence-electron chi connectivity index (χ0n) is 14.1. The fraction of sp³-hybridized carbons (Fsp3) is 0.812. The number of carbonyl (C=O) groups excluding carboxylic acids is 1. The number of aldehydes is 1. The summed E-state index contributed by atoms with van der Waals surface area (Å²) in [6.45, 7) is 0.840. The first-order valence-electron chi connectivity index (χ1n) is 8.37. The van der Waals surface area contributed by atoms with E-state index in [1.54, 1.807) is 0 Å². The standard InChI is InChI=1S/C16H24O10/c1-15(22)2-3-16(23)7(4-17)6-24-14(12(15)16)26-13-11(21)10(20)9(19)8(5-18)25-13/h4,6,8-14,18-23H,2-3,5H2,1H3/t8-,9-,10+,11-,12?,13+,14+,15+,16-/m1/s1. The van der Waals surface area contributed by atoms with Gasteiger partial charge in [0.05, 0.1) is 30.0 Å². The van der Waals surface area contributed by atoms with Crippen LogP contribution in [-0.2, 0) is 19.0 Å². The Hall–Kier alpha value is -1.11. The molecule has 0 aromatic carbocycles. The number of aliphatic hydroxyl groups excluding tert-OH is 4. The maximum absolute atomic E-state index is 11.2. The lowest BCUT2D eigenvalue weighted by Gasteiger charge is -2.46. The molecule has 6 N–H and O–H groups in total. The first kappa shape index (κ1) is 19.6. The van der Waals surface area contributed by atoms with Crippen molar-refractivity contribution >= 4 is 6.29 Å². The fourth-order valence-electron chi connectivity index (χ4n) is 3.98. The number of rotatable bonds is 4. The summed E-state index contributed by atoms with van der Waals surface area (Å²) in [6.07, 6.45) is -7.07. The molecule has 0 aromatic heterocycles. The number of hydrogen-bond donors (Lipinski definition) is 6. The summed E-state index contributed by atoms with van der Waals surface area (Å²) < 4.78 is 16.2. The Bertz CT molecular complexity index is 575. The monoisotopic (exact) mass is 376 g/mol. The molecule has 0 spiro atoms. The van der Waals surface area contributed by atoms with Crippen molar-refractivity contribution in [1.29, 1.82) is 0 Å². The zero-order valence-corrected chi connectivity index (χ0v) is 14.1. The van der Waals surface area contributed by atoms with E-state index in [-0.39, 0.29) is 18.4 Å². The van der Waals surface area contributed by atoms with Crippen LogP contribution in [0.5, 0.6) is 0 Å². The van der Waals surface area contributed by atoms with Crippen molar-refractivity contribution in [2.75, 3.05) is 6.61 Å². The maximum Gasteiger partial charge on any atom is 0.210 e. The molecule has 9 atom stereocenters. The Kier molecular flexibility index (Phi) is 5.14. The molecule has 3 aliphatic rings. The first-order valence-corrected chi connectivity index (χ1v) is 8.37. The molecule has 1 aliphatic carbocycles. The van der Waals surface area contributed by atoms with Gasteiger partial charge in [0.2, 0.25) is 6.29 Å². The highest BCUT2D eigenvalue weighted by molar-refractivity contribution is 5.76. The third kappa shape index (κ3) is 2.96. The molecule has 26 heavy (non-hydrogen) atoms. The predicted molar refractivity (Wildman–Crippen MR) is 82.2 cm³/mol. The van der Waals surface area contributed by atoms with E-state index in [0.717, 1.165) is 6.26 Å². The van der Waals surface area contributed by atoms with Crippen molar-refractivity contribution in [2.45, 2.75) is 68.0 Å². The zero-order chi connectivity index (χ0) is 19.3. The van der Waals surface area contributed by atoms with Gasteiger partial charge in [0.1, 0.15) is 30.0 Å². The van der Waals surface area contributed by atoms with Gasteiger partial charge in [-0.15, -0.1) is 0 Å². The SMILES string of the molecule is C[C@]1(O)CC[C@@]2(O)C(C=O)=CO[C@@H](O[C@@H]3O[C@H](CO)[C@@H](O)[C@H](O)[C@H]3O)C12. The summed E-state index contributed by atoms with van der Waals surface area (Å²) in [7, 11) is 0. The molecule has 0 radical (unpaired) electrons. The maximum atomic E-state index is 11.2. The second kappa shape index (κ2) is 6.80. The van der Waals surface area contributed by atoms with Crippen LogP contribution in [0.2, 0.25) is 0 Å². The highest BCUT2D eigenvalue weighted by Gasteiger charge is 2.62. The van der Waals surface area contributed by atoms with Gasteiger partial charge in [-0.2, -0.15) is 0 Å². The van der Waals surface area contributed by atoms with Crippen molar-refractivity contribution in [1.82, 2.24) is 0 Å². The van der Waals surface area contributed by atoms with Gasteiger partial charge < -0.3 is 44.8 Å². The van der Waals surface area contributed by atoms with Gasteiger partial charge in [0.15, 0.2) is 12.6 Å². The van der Waals surface area contributed by atoms with Crippen LogP contribution in [0.4, 0.5) is 0 Å². The molecule has 1 saturated heterocycles. The average molecular weight is 376 g/mol. The average Bonchev–Trinajstić information content (AvgIpc) is 2.86. The molecule has 0 aromatic rings. The molecular weight excluding hydrogens is 352 g/mol. The van der Waals surface area contributed by atoms with Gasteiger partial charge in [-0.25, -0.2) is 0 Å². The van der Waals surface area contributed by atoms with Crippen molar-refractivity contribution in [2.24, 2.45) is 5.92 Å². The summed E-state index contributed by atoms with van der Waals surface area (Å²) in [5, 5.41) is 60.5. The first-order chi connectivity index (χ1) is 12.2. The minimum Gasteiger partial charge on any atom is -0.471 e. The number of aliphatic hydroxyl groups is 6. The minimum absolute atomic E-state index is 0.0334. The molecule has 2 heterocycles. The van der Waals surface area contributed by atoms with Gasteiger partial charge in [-0.1, -0.05) is 0 Å². The number of hydrogen-bond acceptors (Lipinski definition) is 10. The smallest absolute Gasteiger partial charge is 0.210 e. The third-order valence-electron chi connectivity index (χ3n) is 5.54. The lowest BCUT2D eigenvalue weighted by molar-refractivity contribution is -0.351. The molecule has 3 rings (SSSR count). The second-order valence-corrected chi connectivity index (χ2v) is 7.29. The molecular formula is C16H24O10. The van der Waals surface area contributed by atoms with E-state index in [2.05, 4.69) is 0 Å². The Morgan fingerprint density at radius 2 is 1.88 bits per heavy atom. The van der Waals surface area contributed by atoms with Gasteiger partial charge >= 0.3 is 0 Å². The van der Waals surface area contributed by atoms with E-state index >= 15 is 0 Å². The Morgan fingerprint density at radius 3 is 2.50 bits per heavy atom. The summed E-state index contributed by atoms with van der Waals surface area (Å²) in [6, 6.07) is 0. The second-order valence-electron chi connectivity index (χ2n) is 7.29. The fourth-order valence-corrected chi connectivity index (χ4v) is 3.98. The molecule has 10 nitrogen and oxygen atoms in total. The third-order valence-corrected chi connectivity index (χ3v) is 5.54. The van der Waals surface area contributed by atoms with E-state index in [1.165, 1.54) is 6.92 Å². The van der Waals surface area contributed by atoms with E-state index in [9.17, 15) is 35.4 Å². The Morgan fingerprint density at radius 1 is 1.19 bits per heavy atom. The molecule has 10 heteroatoms. The van der Waals surface area contributed by atoms with Gasteiger partial charge in [0, 0.05) is 0 Å². The Balaban J connectivity index is 1.85. The lowest BCUT2D eigenvalue weighted by atomic mass is 9.78. The Labute approximate surface area is 149 Å². The number of carbonyl (C=O) groups is 1. The van der Waals surface area contributed by atoms with Gasteiger partial charge in [-0.05, 0) is 19.8 Å². The summed E-state index contributed by atoms with van der Waals surface area (Å²) >= 11 is 0. The minimum atomic E-state index is -1.68. The van der Waals surface area contributed by atoms with Crippen molar-refractivity contribution in [3.8, 4) is 0 Å². The van der Waals surface area contributed by atoms with Gasteiger partial charge in [0.25, 0.3) is 0 Å².